The van der Waals surface area contributed by atoms with Crippen molar-refractivity contribution in [2.24, 2.45) is 11.5 Å². The number of pyridine rings is 1. The van der Waals surface area contributed by atoms with Crippen molar-refractivity contribution < 1.29 is 46.2 Å². The second kappa shape index (κ2) is 19.5. The Kier molecular flexibility index (Phi) is 14.2. The number of rotatable bonds is 13. The van der Waals surface area contributed by atoms with Gasteiger partial charge < -0.3 is 30.7 Å². The second-order valence-electron chi connectivity index (χ2n) is 15.8. The van der Waals surface area contributed by atoms with E-state index in [-0.39, 0.29) is 44.4 Å². The summed E-state index contributed by atoms with van der Waals surface area (Å²) in [6, 6.07) is 31.1. The zero-order chi connectivity index (χ0) is 45.4. The fraction of sp³-hybridized carbons (Fsp3) is 0.312. The normalized spacial score (nSPS) is 19.8. The first kappa shape index (κ1) is 45.7. The van der Waals surface area contributed by atoms with Crippen molar-refractivity contribution in [3.63, 3.8) is 0 Å². The molecule has 4 aromatic carbocycles. The Morgan fingerprint density at radius 2 is 1.22 bits per heavy atom. The Hall–Kier alpha value is -6.77. The molecule has 1 aromatic heterocycles. The molecule has 2 fully saturated rings. The van der Waals surface area contributed by atoms with Gasteiger partial charge in [-0.05, 0) is 77.6 Å². The van der Waals surface area contributed by atoms with Crippen LogP contribution in [0.1, 0.15) is 92.3 Å². The fourth-order valence-electron chi connectivity index (χ4n) is 8.06. The third kappa shape index (κ3) is 11.0. The number of carbonyl (C=O) groups excluding carboxylic acids is 4. The van der Waals surface area contributed by atoms with Crippen molar-refractivity contribution in [1.29, 1.82) is 0 Å². The summed E-state index contributed by atoms with van der Waals surface area (Å²) in [6.45, 7) is 4.31. The monoisotopic (exact) mass is 867 g/mol. The molecule has 0 radical (unpaired) electrons. The van der Waals surface area contributed by atoms with Gasteiger partial charge >= 0.3 is 18.4 Å². The van der Waals surface area contributed by atoms with Gasteiger partial charge in [-0.1, -0.05) is 84.9 Å². The number of nitrogens with zero attached hydrogens (tertiary/aromatic N) is 3. The van der Waals surface area contributed by atoms with Crippen LogP contribution in [0.25, 0.3) is 11.1 Å². The van der Waals surface area contributed by atoms with Crippen molar-refractivity contribution >= 4 is 24.0 Å². The molecular weight excluding hydrogens is 819 g/mol. The topological polar surface area (TPSA) is 158 Å². The average Bonchev–Trinajstić information content (AvgIpc) is 3.28. The van der Waals surface area contributed by atoms with Crippen molar-refractivity contribution in [2.75, 3.05) is 13.1 Å². The van der Waals surface area contributed by atoms with Gasteiger partial charge in [0.1, 0.15) is 17.0 Å². The van der Waals surface area contributed by atoms with Gasteiger partial charge in [0.15, 0.2) is 0 Å². The van der Waals surface area contributed by atoms with Crippen LogP contribution < -0.4 is 11.5 Å². The van der Waals surface area contributed by atoms with E-state index < -0.39 is 52.7 Å². The maximum Gasteiger partial charge on any atom is 0.416 e. The number of halogens is 4. The number of alkyl halides is 3. The summed E-state index contributed by atoms with van der Waals surface area (Å²) >= 11 is 0. The van der Waals surface area contributed by atoms with Crippen LogP contribution in [0.15, 0.2) is 128 Å². The number of carbonyl (C=O) groups is 4. The first-order chi connectivity index (χ1) is 30.0. The van der Waals surface area contributed by atoms with Crippen LogP contribution in [0.2, 0.25) is 0 Å². The van der Waals surface area contributed by atoms with Crippen molar-refractivity contribution in [3.8, 4) is 11.1 Å². The molecule has 0 bridgehead atoms. The average molecular weight is 868 g/mol. The van der Waals surface area contributed by atoms with E-state index in [1.54, 1.807) is 18.0 Å². The van der Waals surface area contributed by atoms with E-state index in [4.69, 9.17) is 20.9 Å². The summed E-state index contributed by atoms with van der Waals surface area (Å²) in [5.74, 6) is -1.44. The highest BCUT2D eigenvalue weighted by molar-refractivity contribution is 5.75. The third-order valence-corrected chi connectivity index (χ3v) is 11.8. The molecule has 0 aliphatic carbocycles. The van der Waals surface area contributed by atoms with Gasteiger partial charge in [0.25, 0.3) is 0 Å². The molecule has 330 valence electrons. The molecule has 15 heteroatoms. The van der Waals surface area contributed by atoms with Gasteiger partial charge in [-0.2, -0.15) is 13.2 Å². The molecule has 2 saturated heterocycles. The predicted octanol–water partition coefficient (Wildman–Crippen LogP) is 9.72. The Labute approximate surface area is 363 Å². The lowest BCUT2D eigenvalue weighted by molar-refractivity contribution is -0.137. The smallest absolute Gasteiger partial charge is 0.416 e. The van der Waals surface area contributed by atoms with E-state index in [0.29, 0.717) is 30.5 Å². The van der Waals surface area contributed by atoms with Crippen LogP contribution in [-0.2, 0) is 36.4 Å². The number of cyclic esters (lactones) is 2. The van der Waals surface area contributed by atoms with E-state index in [2.05, 4.69) is 4.98 Å². The highest BCUT2D eigenvalue weighted by atomic mass is 19.4. The maximum atomic E-state index is 13.4. The molecule has 0 saturated carbocycles. The Morgan fingerprint density at radius 3 is 1.71 bits per heavy atom. The number of ether oxygens (including phenoxy) is 2. The predicted molar refractivity (Wildman–Crippen MR) is 227 cm³/mol. The van der Waals surface area contributed by atoms with Gasteiger partial charge in [-0.3, -0.25) is 14.6 Å². The Balaban J connectivity index is 0.000000210. The number of benzene rings is 4. The molecule has 2 aliphatic heterocycles. The molecule has 2 aliphatic rings. The summed E-state index contributed by atoms with van der Waals surface area (Å²) in [4.78, 5) is 56.0. The number of primary amides is 2. The SMILES string of the molecule is C[C@@H](c1ccc(-c2cccnc2)cc1)N1CC[C@](CCC(N)=O)(c2ccccc2)OC1=O.C[C@@H](c1cccc(C(F)(F)F)c1)N1CC[C@](CCC(N)=O)(c2ccc(F)cc2)OC1=O. The molecule has 5 aromatic rings. The molecule has 4 atom stereocenters. The summed E-state index contributed by atoms with van der Waals surface area (Å²) in [5.41, 5.74) is 12.7. The highest BCUT2D eigenvalue weighted by Gasteiger charge is 2.45. The summed E-state index contributed by atoms with van der Waals surface area (Å²) < 4.78 is 64.3. The zero-order valence-electron chi connectivity index (χ0n) is 34.9. The van der Waals surface area contributed by atoms with Crippen LogP contribution >= 0.6 is 0 Å². The zero-order valence-corrected chi connectivity index (χ0v) is 34.9. The first-order valence-corrected chi connectivity index (χ1v) is 20.6. The Morgan fingerprint density at radius 1 is 0.683 bits per heavy atom. The van der Waals surface area contributed by atoms with Gasteiger partial charge in [0.05, 0.1) is 17.6 Å². The van der Waals surface area contributed by atoms with Crippen LogP contribution in [0.3, 0.4) is 0 Å². The fourth-order valence-corrected chi connectivity index (χ4v) is 8.06. The van der Waals surface area contributed by atoms with Gasteiger partial charge in [-0.25, -0.2) is 14.0 Å². The quantitative estimate of drug-likeness (QED) is 0.112. The molecule has 11 nitrogen and oxygen atoms in total. The second-order valence-corrected chi connectivity index (χ2v) is 15.8. The number of hydrogen-bond donors (Lipinski definition) is 2. The minimum absolute atomic E-state index is 0.0478. The van der Waals surface area contributed by atoms with Crippen LogP contribution in [-0.4, -0.2) is 51.9 Å². The summed E-state index contributed by atoms with van der Waals surface area (Å²) in [5, 5.41) is 0. The molecular formula is C48H49F4N5O6. The third-order valence-electron chi connectivity index (χ3n) is 11.8. The molecule has 3 heterocycles. The van der Waals surface area contributed by atoms with E-state index in [1.165, 1.54) is 41.3 Å². The largest absolute Gasteiger partial charge is 0.438 e. The lowest BCUT2D eigenvalue weighted by atomic mass is 9.84. The van der Waals surface area contributed by atoms with Gasteiger partial charge in [0, 0.05) is 64.0 Å². The number of amides is 4. The van der Waals surface area contributed by atoms with E-state index in [0.717, 1.165) is 34.4 Å². The first-order valence-electron chi connectivity index (χ1n) is 20.6. The van der Waals surface area contributed by atoms with Gasteiger partial charge in [-0.15, -0.1) is 0 Å². The van der Waals surface area contributed by atoms with Crippen LogP contribution in [0.4, 0.5) is 27.2 Å². The molecule has 0 spiro atoms. The van der Waals surface area contributed by atoms with E-state index in [9.17, 15) is 36.7 Å². The Bertz CT molecular complexity index is 2370. The van der Waals surface area contributed by atoms with Gasteiger partial charge in [0.2, 0.25) is 11.8 Å². The van der Waals surface area contributed by atoms with Crippen molar-refractivity contribution in [1.82, 2.24) is 14.8 Å². The number of nitrogens with two attached hydrogens (primary N) is 2. The maximum absolute atomic E-state index is 13.4. The lowest BCUT2D eigenvalue weighted by Crippen LogP contribution is -2.49. The van der Waals surface area contributed by atoms with Crippen LogP contribution in [0, 0.1) is 5.82 Å². The van der Waals surface area contributed by atoms with Crippen LogP contribution in [0.5, 0.6) is 0 Å². The molecule has 0 unspecified atom stereocenters. The minimum atomic E-state index is -4.50. The molecule has 7 rings (SSSR count). The number of hydrogen-bond acceptors (Lipinski definition) is 7. The standard InChI is InChI=1S/C26H27N3O3.C22H22F4N2O3/c1-19(20-9-11-21(12-10-20)22-6-5-16-28-18-22)29-17-15-26(32-25(29)31,14-13-24(27)30)23-7-3-2-4-8-23;1-14(15-3-2-4-17(13-15)22(24,25)26)28-12-11-21(31-20(28)30,10-9-19(27)29)16-5-7-18(23)8-6-16/h2-12,16,18-19H,13-15,17H2,1H3,(H2,27,30);2-8,13-14H,9-12H2,1H3,(H2,27,29)/t19-,26+;14-,21+/m00/s1. The van der Waals surface area contributed by atoms with E-state index in [1.807, 2.05) is 79.9 Å². The number of aromatic nitrogens is 1. The molecule has 4 N–H and O–H groups in total. The molecule has 4 amide bonds. The molecule has 63 heavy (non-hydrogen) atoms. The van der Waals surface area contributed by atoms with E-state index >= 15 is 0 Å². The minimum Gasteiger partial charge on any atom is -0.438 e. The highest BCUT2D eigenvalue weighted by Crippen LogP contribution is 2.42. The van der Waals surface area contributed by atoms with Crippen molar-refractivity contribution in [2.45, 2.75) is 81.8 Å². The van der Waals surface area contributed by atoms with Crippen molar-refractivity contribution in [3.05, 3.63) is 161 Å². The summed E-state index contributed by atoms with van der Waals surface area (Å²) in [7, 11) is 0. The summed E-state index contributed by atoms with van der Waals surface area (Å²) in [6.07, 6.45) is -0.568. The lowest BCUT2D eigenvalue weighted by Gasteiger charge is -2.43.